The molecule has 0 spiro atoms. The lowest BCUT2D eigenvalue weighted by Gasteiger charge is -2.11. The predicted octanol–water partition coefficient (Wildman–Crippen LogP) is 3.48. The molecule has 0 aliphatic carbocycles. The number of amides is 1. The highest BCUT2D eigenvalue weighted by molar-refractivity contribution is 7.89. The van der Waals surface area contributed by atoms with Gasteiger partial charge in [0.15, 0.2) is 0 Å². The Balaban J connectivity index is 1.70. The molecule has 8 heteroatoms. The molecule has 0 aliphatic heterocycles. The first-order valence-corrected chi connectivity index (χ1v) is 10.6. The van der Waals surface area contributed by atoms with Crippen LogP contribution in [0.15, 0.2) is 70.9 Å². The molecule has 3 aromatic rings. The van der Waals surface area contributed by atoms with Crippen LogP contribution in [-0.2, 0) is 10.0 Å². The zero-order valence-electron chi connectivity index (χ0n) is 15.2. The van der Waals surface area contributed by atoms with Crippen molar-refractivity contribution in [3.05, 3.63) is 82.0 Å². The first-order chi connectivity index (χ1) is 13.3. The van der Waals surface area contributed by atoms with Crippen LogP contribution in [-0.4, -0.2) is 38.5 Å². The molecule has 0 atom stereocenters. The van der Waals surface area contributed by atoms with Crippen molar-refractivity contribution in [3.8, 4) is 0 Å². The van der Waals surface area contributed by atoms with Gasteiger partial charge in [0.25, 0.3) is 5.91 Å². The minimum atomic E-state index is -3.54. The zero-order chi connectivity index (χ0) is 20.3. The van der Waals surface area contributed by atoms with Gasteiger partial charge in [-0.25, -0.2) is 12.7 Å². The number of rotatable bonds is 6. The summed E-state index contributed by atoms with van der Waals surface area (Å²) in [5.41, 5.74) is 1.41. The van der Waals surface area contributed by atoms with Crippen molar-refractivity contribution >= 4 is 38.7 Å². The predicted molar refractivity (Wildman–Crippen MR) is 109 cm³/mol. The Bertz CT molecular complexity index is 1090. The minimum Gasteiger partial charge on any atom is -0.322 e. The van der Waals surface area contributed by atoms with E-state index in [2.05, 4.69) is 5.32 Å². The highest BCUT2D eigenvalue weighted by Gasteiger charge is 2.17. The smallest absolute Gasteiger partial charge is 0.255 e. The molecule has 0 radical (unpaired) electrons. The fourth-order valence-corrected chi connectivity index (χ4v) is 4.03. The van der Waals surface area contributed by atoms with Crippen molar-refractivity contribution < 1.29 is 18.0 Å². The monoisotopic (exact) mass is 414 g/mol. The molecule has 1 N–H and O–H groups in total. The number of carbonyl (C=O) groups is 2. The summed E-state index contributed by atoms with van der Waals surface area (Å²) >= 11 is 1.38. The van der Waals surface area contributed by atoms with Crippen LogP contribution < -0.4 is 5.32 Å². The number of hydrogen-bond acceptors (Lipinski definition) is 5. The normalized spacial score (nSPS) is 11.4. The van der Waals surface area contributed by atoms with E-state index in [1.807, 2.05) is 11.4 Å². The topological polar surface area (TPSA) is 83.6 Å². The second-order valence-corrected chi connectivity index (χ2v) is 9.25. The number of ketones is 1. The average Bonchev–Trinajstić information content (AvgIpc) is 3.23. The van der Waals surface area contributed by atoms with Crippen molar-refractivity contribution in [1.29, 1.82) is 0 Å². The Hall–Kier alpha value is -2.81. The first kappa shape index (κ1) is 19.9. The number of hydrogen-bond donors (Lipinski definition) is 1. The molecule has 6 nitrogen and oxygen atoms in total. The molecular weight excluding hydrogens is 396 g/mol. The molecule has 3 rings (SSSR count). The van der Waals surface area contributed by atoms with E-state index in [4.69, 9.17) is 0 Å². The highest BCUT2D eigenvalue weighted by Crippen LogP contribution is 2.18. The highest BCUT2D eigenvalue weighted by atomic mass is 32.2. The van der Waals surface area contributed by atoms with Crippen molar-refractivity contribution in [2.45, 2.75) is 4.90 Å². The summed E-state index contributed by atoms with van der Waals surface area (Å²) in [5.74, 6) is -0.434. The molecule has 28 heavy (non-hydrogen) atoms. The first-order valence-electron chi connectivity index (χ1n) is 8.31. The second-order valence-electron chi connectivity index (χ2n) is 6.15. The van der Waals surface area contributed by atoms with Crippen LogP contribution in [0.1, 0.15) is 25.6 Å². The summed E-state index contributed by atoms with van der Waals surface area (Å²) in [5, 5.41) is 4.58. The third-order valence-electron chi connectivity index (χ3n) is 4.05. The van der Waals surface area contributed by atoms with Crippen LogP contribution in [0.2, 0.25) is 0 Å². The molecule has 144 valence electrons. The van der Waals surface area contributed by atoms with Crippen LogP contribution in [0.25, 0.3) is 0 Å². The largest absolute Gasteiger partial charge is 0.322 e. The molecule has 2 aromatic carbocycles. The molecule has 0 unspecified atom stereocenters. The summed E-state index contributed by atoms with van der Waals surface area (Å²) < 4.78 is 25.3. The number of carbonyl (C=O) groups excluding carboxylic acids is 2. The van der Waals surface area contributed by atoms with Gasteiger partial charge in [0.05, 0.1) is 9.77 Å². The van der Waals surface area contributed by atoms with E-state index < -0.39 is 10.0 Å². The second kappa shape index (κ2) is 8.05. The van der Waals surface area contributed by atoms with Gasteiger partial charge in [0.1, 0.15) is 0 Å². The van der Waals surface area contributed by atoms with E-state index in [-0.39, 0.29) is 16.6 Å². The molecule has 0 aliphatic rings. The Morgan fingerprint density at radius 3 is 2.04 bits per heavy atom. The maximum atomic E-state index is 12.4. The lowest BCUT2D eigenvalue weighted by Crippen LogP contribution is -2.22. The van der Waals surface area contributed by atoms with E-state index in [0.29, 0.717) is 21.7 Å². The quantitative estimate of drug-likeness (QED) is 0.626. The van der Waals surface area contributed by atoms with Gasteiger partial charge in [-0.15, -0.1) is 11.3 Å². The number of benzene rings is 2. The van der Waals surface area contributed by atoms with Crippen molar-refractivity contribution in [2.75, 3.05) is 19.4 Å². The molecule has 1 amide bonds. The van der Waals surface area contributed by atoms with Gasteiger partial charge in [-0.1, -0.05) is 6.07 Å². The average molecular weight is 415 g/mol. The number of anilines is 1. The van der Waals surface area contributed by atoms with E-state index in [1.54, 1.807) is 30.3 Å². The van der Waals surface area contributed by atoms with Crippen LogP contribution in [0.3, 0.4) is 0 Å². The maximum Gasteiger partial charge on any atom is 0.255 e. The molecular formula is C20H18N2O4S2. The Labute approximate surface area is 167 Å². The molecule has 0 saturated carbocycles. The van der Waals surface area contributed by atoms with Gasteiger partial charge in [0, 0.05) is 30.9 Å². The van der Waals surface area contributed by atoms with Gasteiger partial charge in [0.2, 0.25) is 15.8 Å². The van der Waals surface area contributed by atoms with E-state index in [0.717, 1.165) is 4.31 Å². The summed E-state index contributed by atoms with van der Waals surface area (Å²) in [4.78, 5) is 25.4. The third kappa shape index (κ3) is 4.19. The third-order valence-corrected chi connectivity index (χ3v) is 6.74. The van der Waals surface area contributed by atoms with Gasteiger partial charge >= 0.3 is 0 Å². The van der Waals surface area contributed by atoms with Crippen LogP contribution in [0.4, 0.5) is 5.69 Å². The Morgan fingerprint density at radius 1 is 0.893 bits per heavy atom. The Morgan fingerprint density at radius 2 is 1.50 bits per heavy atom. The number of nitrogens with one attached hydrogen (secondary N) is 1. The van der Waals surface area contributed by atoms with Gasteiger partial charge in [-0.2, -0.15) is 0 Å². The van der Waals surface area contributed by atoms with Crippen LogP contribution in [0, 0.1) is 0 Å². The minimum absolute atomic E-state index is 0.0643. The number of nitrogens with zero attached hydrogens (tertiary/aromatic N) is 1. The van der Waals surface area contributed by atoms with Gasteiger partial charge in [-0.05, 0) is 60.0 Å². The fraction of sp³-hybridized carbons (Fsp3) is 0.100. The number of thiophene rings is 1. The van der Waals surface area contributed by atoms with Gasteiger partial charge in [-0.3, -0.25) is 9.59 Å². The van der Waals surface area contributed by atoms with E-state index in [1.165, 1.54) is 49.7 Å². The zero-order valence-corrected chi connectivity index (χ0v) is 16.9. The van der Waals surface area contributed by atoms with Crippen molar-refractivity contribution in [1.82, 2.24) is 4.31 Å². The number of sulfonamides is 1. The molecule has 0 bridgehead atoms. The SMILES string of the molecule is CN(C)S(=O)(=O)c1ccc(C(=O)Nc2ccc(C(=O)c3cccs3)cc2)cc1. The van der Waals surface area contributed by atoms with Crippen molar-refractivity contribution in [2.24, 2.45) is 0 Å². The molecule has 1 heterocycles. The van der Waals surface area contributed by atoms with E-state index >= 15 is 0 Å². The van der Waals surface area contributed by atoms with Crippen molar-refractivity contribution in [3.63, 3.8) is 0 Å². The maximum absolute atomic E-state index is 12.4. The summed E-state index contributed by atoms with van der Waals surface area (Å²) in [6, 6.07) is 15.9. The summed E-state index contributed by atoms with van der Waals surface area (Å²) in [6.07, 6.45) is 0. The standard InChI is InChI=1S/C20H18N2O4S2/c1-22(2)28(25,26)17-11-7-15(8-12-17)20(24)21-16-9-5-14(6-10-16)19(23)18-4-3-13-27-18/h3-13H,1-2H3,(H,21,24). The van der Waals surface area contributed by atoms with Crippen LogP contribution in [0.5, 0.6) is 0 Å². The molecule has 1 aromatic heterocycles. The molecule has 0 saturated heterocycles. The fourth-order valence-electron chi connectivity index (χ4n) is 2.45. The summed E-state index contributed by atoms with van der Waals surface area (Å²) in [6.45, 7) is 0. The molecule has 0 fully saturated rings. The summed E-state index contributed by atoms with van der Waals surface area (Å²) in [7, 11) is -0.645. The Kier molecular flexibility index (Phi) is 5.73. The lowest BCUT2D eigenvalue weighted by molar-refractivity contribution is 0.102. The van der Waals surface area contributed by atoms with Crippen LogP contribution >= 0.6 is 11.3 Å². The lowest BCUT2D eigenvalue weighted by atomic mass is 10.1. The van der Waals surface area contributed by atoms with E-state index in [9.17, 15) is 18.0 Å². The van der Waals surface area contributed by atoms with Gasteiger partial charge < -0.3 is 5.32 Å².